The molecule has 42 heavy (non-hydrogen) atoms. The Kier molecular flexibility index (Phi) is 8.80. The molecule has 1 aliphatic rings. The molecule has 3 heterocycles. The van der Waals surface area contributed by atoms with Gasteiger partial charge in [0, 0.05) is 53.1 Å². The van der Waals surface area contributed by atoms with Crippen LogP contribution in [0.15, 0.2) is 91.1 Å². The SMILES string of the molecule is Cc1sc(-c2ccnc(Nc3cccc(OCCCN4CCSC4)c3)n2)c(-c2cccc(-c3ccccc3)c2)c1C#N. The number of rotatable bonds is 10. The van der Waals surface area contributed by atoms with E-state index in [0.717, 1.165) is 68.0 Å². The summed E-state index contributed by atoms with van der Waals surface area (Å²) in [6.45, 7) is 4.92. The molecule has 1 saturated heterocycles. The van der Waals surface area contributed by atoms with Crippen molar-refractivity contribution in [1.29, 1.82) is 5.26 Å². The van der Waals surface area contributed by atoms with Gasteiger partial charge in [-0.2, -0.15) is 5.26 Å². The molecular weight excluding hydrogens is 559 g/mol. The first-order valence-electron chi connectivity index (χ1n) is 14.0. The molecule has 1 aliphatic heterocycles. The van der Waals surface area contributed by atoms with Crippen LogP contribution in [0.1, 0.15) is 16.9 Å². The van der Waals surface area contributed by atoms with E-state index in [9.17, 15) is 5.26 Å². The summed E-state index contributed by atoms with van der Waals surface area (Å²) in [4.78, 5) is 13.7. The monoisotopic (exact) mass is 589 g/mol. The van der Waals surface area contributed by atoms with Crippen molar-refractivity contribution in [2.45, 2.75) is 13.3 Å². The quantitative estimate of drug-likeness (QED) is 0.164. The minimum atomic E-state index is 0.490. The lowest BCUT2D eigenvalue weighted by atomic mass is 9.96. The van der Waals surface area contributed by atoms with Crippen LogP contribution >= 0.6 is 23.1 Å². The number of nitrogens with one attached hydrogen (secondary N) is 1. The molecule has 1 fully saturated rings. The first-order chi connectivity index (χ1) is 20.7. The molecular formula is C34H31N5OS2. The number of nitriles is 1. The predicted octanol–water partition coefficient (Wildman–Crippen LogP) is 8.24. The van der Waals surface area contributed by atoms with Crippen LogP contribution in [0.5, 0.6) is 5.75 Å². The molecule has 0 spiro atoms. The maximum atomic E-state index is 10.1. The van der Waals surface area contributed by atoms with Gasteiger partial charge in [0.2, 0.25) is 5.95 Å². The molecule has 6 rings (SSSR count). The van der Waals surface area contributed by atoms with Crippen molar-refractivity contribution in [1.82, 2.24) is 14.9 Å². The van der Waals surface area contributed by atoms with Gasteiger partial charge >= 0.3 is 0 Å². The zero-order valence-electron chi connectivity index (χ0n) is 23.4. The van der Waals surface area contributed by atoms with E-state index in [0.29, 0.717) is 18.1 Å². The first-order valence-corrected chi connectivity index (χ1v) is 16.0. The fraction of sp³-hybridized carbons (Fsp3) is 0.206. The van der Waals surface area contributed by atoms with Gasteiger partial charge in [0.05, 0.1) is 22.7 Å². The molecule has 210 valence electrons. The standard InChI is InChI=1S/C34H31N5OS2/c1-24-30(22-35)32(27-11-5-10-26(20-27)25-8-3-2-4-9-25)33(42-24)31-14-15-36-34(38-31)37-28-12-6-13-29(21-28)40-18-7-16-39-17-19-41-23-39/h2-6,8-15,20-21H,7,16-19,23H2,1H3,(H,36,37,38). The topological polar surface area (TPSA) is 74.1 Å². The van der Waals surface area contributed by atoms with Crippen LogP contribution in [0.25, 0.3) is 32.8 Å². The van der Waals surface area contributed by atoms with Crippen molar-refractivity contribution in [3.63, 3.8) is 0 Å². The van der Waals surface area contributed by atoms with E-state index in [-0.39, 0.29) is 0 Å². The van der Waals surface area contributed by atoms with E-state index in [2.05, 4.69) is 51.6 Å². The fourth-order valence-corrected chi connectivity index (χ4v) is 7.19. The summed E-state index contributed by atoms with van der Waals surface area (Å²) in [5, 5.41) is 13.5. The van der Waals surface area contributed by atoms with Gasteiger partial charge in [0.1, 0.15) is 11.8 Å². The lowest BCUT2D eigenvalue weighted by molar-refractivity contribution is 0.269. The van der Waals surface area contributed by atoms with Gasteiger partial charge in [-0.15, -0.1) is 23.1 Å². The van der Waals surface area contributed by atoms with E-state index < -0.39 is 0 Å². The number of anilines is 2. The number of aromatic nitrogens is 2. The van der Waals surface area contributed by atoms with Crippen molar-refractivity contribution in [3.05, 3.63) is 102 Å². The van der Waals surface area contributed by atoms with Gasteiger partial charge in [-0.25, -0.2) is 9.97 Å². The second-order valence-corrected chi connectivity index (χ2v) is 12.4. The second kappa shape index (κ2) is 13.2. The molecule has 5 aromatic rings. The molecule has 0 radical (unpaired) electrons. The van der Waals surface area contributed by atoms with Crippen molar-refractivity contribution in [3.8, 4) is 44.6 Å². The van der Waals surface area contributed by atoms with Gasteiger partial charge in [0.25, 0.3) is 0 Å². The highest BCUT2D eigenvalue weighted by Crippen LogP contribution is 2.43. The number of thiophene rings is 1. The zero-order valence-corrected chi connectivity index (χ0v) is 25.0. The third kappa shape index (κ3) is 6.50. The Bertz CT molecular complexity index is 1710. The molecule has 8 heteroatoms. The summed E-state index contributed by atoms with van der Waals surface area (Å²) in [6, 6.07) is 30.9. The summed E-state index contributed by atoms with van der Waals surface area (Å²) >= 11 is 3.58. The van der Waals surface area contributed by atoms with Crippen LogP contribution in [-0.4, -0.2) is 46.2 Å². The Morgan fingerprint density at radius 3 is 2.64 bits per heavy atom. The Balaban J connectivity index is 1.23. The molecule has 0 aliphatic carbocycles. The van der Waals surface area contributed by atoms with Crippen LogP contribution in [0.2, 0.25) is 0 Å². The number of ether oxygens (including phenoxy) is 1. The molecule has 6 nitrogen and oxygen atoms in total. The largest absolute Gasteiger partial charge is 0.493 e. The molecule has 0 amide bonds. The number of hydrogen-bond acceptors (Lipinski definition) is 8. The van der Waals surface area contributed by atoms with Gasteiger partial charge in [0.15, 0.2) is 0 Å². The summed E-state index contributed by atoms with van der Waals surface area (Å²) < 4.78 is 6.03. The van der Waals surface area contributed by atoms with Gasteiger partial charge < -0.3 is 10.1 Å². The maximum Gasteiger partial charge on any atom is 0.227 e. The van der Waals surface area contributed by atoms with Crippen molar-refractivity contribution >= 4 is 34.7 Å². The van der Waals surface area contributed by atoms with Gasteiger partial charge in [-0.05, 0) is 54.3 Å². The van der Waals surface area contributed by atoms with E-state index in [1.54, 1.807) is 17.5 Å². The zero-order chi connectivity index (χ0) is 28.7. The highest BCUT2D eigenvalue weighted by molar-refractivity contribution is 7.99. The Hall–Kier alpha value is -4.16. The fourth-order valence-electron chi connectivity index (χ4n) is 5.06. The molecule has 3 aromatic carbocycles. The average molecular weight is 590 g/mol. The second-order valence-electron chi connectivity index (χ2n) is 10.1. The maximum absolute atomic E-state index is 10.1. The van der Waals surface area contributed by atoms with Crippen LogP contribution in [0.3, 0.4) is 0 Å². The van der Waals surface area contributed by atoms with Gasteiger partial charge in [-0.1, -0.05) is 54.6 Å². The normalized spacial score (nSPS) is 13.1. The first kappa shape index (κ1) is 28.0. The smallest absolute Gasteiger partial charge is 0.227 e. The highest BCUT2D eigenvalue weighted by Gasteiger charge is 2.20. The van der Waals surface area contributed by atoms with Crippen LogP contribution in [-0.2, 0) is 0 Å². The van der Waals surface area contributed by atoms with E-state index in [1.165, 1.54) is 12.3 Å². The average Bonchev–Trinajstić information content (AvgIpc) is 3.67. The summed E-state index contributed by atoms with van der Waals surface area (Å²) in [6.07, 6.45) is 2.76. The lowest BCUT2D eigenvalue weighted by Crippen LogP contribution is -2.22. The Morgan fingerprint density at radius 2 is 1.81 bits per heavy atom. The molecule has 1 N–H and O–H groups in total. The number of benzene rings is 3. The minimum Gasteiger partial charge on any atom is -0.493 e. The van der Waals surface area contributed by atoms with E-state index >= 15 is 0 Å². The van der Waals surface area contributed by atoms with Crippen molar-refractivity contribution < 1.29 is 4.74 Å². The lowest BCUT2D eigenvalue weighted by Gasteiger charge is -2.14. The number of aryl methyl sites for hydroxylation is 1. The summed E-state index contributed by atoms with van der Waals surface area (Å²) in [7, 11) is 0. The third-order valence-corrected chi connectivity index (χ3v) is 9.29. The van der Waals surface area contributed by atoms with Crippen LogP contribution < -0.4 is 10.1 Å². The number of thioether (sulfide) groups is 1. The van der Waals surface area contributed by atoms with Crippen LogP contribution in [0.4, 0.5) is 11.6 Å². The van der Waals surface area contributed by atoms with Crippen LogP contribution in [0, 0.1) is 18.3 Å². The molecule has 0 unspecified atom stereocenters. The number of nitrogens with zero attached hydrogens (tertiary/aromatic N) is 4. The molecule has 0 saturated carbocycles. The Labute approximate surface area is 255 Å². The van der Waals surface area contributed by atoms with E-state index in [4.69, 9.17) is 9.72 Å². The molecule has 0 atom stereocenters. The van der Waals surface area contributed by atoms with Crippen molar-refractivity contribution in [2.24, 2.45) is 0 Å². The molecule has 2 aromatic heterocycles. The number of hydrogen-bond donors (Lipinski definition) is 1. The van der Waals surface area contributed by atoms with Gasteiger partial charge in [-0.3, -0.25) is 4.90 Å². The molecule has 0 bridgehead atoms. The third-order valence-electron chi connectivity index (χ3n) is 7.15. The summed E-state index contributed by atoms with van der Waals surface area (Å²) in [5.74, 6) is 3.67. The predicted molar refractivity (Wildman–Crippen MR) is 174 cm³/mol. The van der Waals surface area contributed by atoms with E-state index in [1.807, 2.05) is 73.3 Å². The summed E-state index contributed by atoms with van der Waals surface area (Å²) in [5.41, 5.74) is 6.46. The van der Waals surface area contributed by atoms with Crippen molar-refractivity contribution in [2.75, 3.05) is 36.6 Å². The minimum absolute atomic E-state index is 0.490. The highest BCUT2D eigenvalue weighted by atomic mass is 32.2. The Morgan fingerprint density at radius 1 is 0.976 bits per heavy atom.